The van der Waals surface area contributed by atoms with Gasteiger partial charge < -0.3 is 16.4 Å². The average molecular weight is 290 g/mol. The van der Waals surface area contributed by atoms with Crippen LogP contribution in [0, 0.1) is 13.8 Å². The van der Waals surface area contributed by atoms with Crippen LogP contribution < -0.4 is 16.4 Å². The van der Waals surface area contributed by atoms with Gasteiger partial charge in [0.15, 0.2) is 0 Å². The molecule has 0 aliphatic heterocycles. The molecule has 4 N–H and O–H groups in total. The number of hydrogen-bond acceptors (Lipinski definition) is 2. The van der Waals surface area contributed by atoms with Gasteiger partial charge in [0.25, 0.3) is 0 Å². The number of nitrogens with two attached hydrogens (primary N) is 1. The maximum absolute atomic E-state index is 12.0. The number of rotatable bonds is 2. The van der Waals surface area contributed by atoms with E-state index in [-0.39, 0.29) is 6.03 Å². The average Bonchev–Trinajstić information content (AvgIpc) is 2.39. The van der Waals surface area contributed by atoms with Crippen molar-refractivity contribution in [3.63, 3.8) is 0 Å². The first-order valence-electron chi connectivity index (χ1n) is 6.16. The molecule has 0 aliphatic rings. The van der Waals surface area contributed by atoms with Crippen molar-refractivity contribution in [2.45, 2.75) is 13.8 Å². The minimum absolute atomic E-state index is 0.342. The lowest BCUT2D eigenvalue weighted by Gasteiger charge is -2.12. The van der Waals surface area contributed by atoms with Crippen molar-refractivity contribution in [2.24, 2.45) is 0 Å². The summed E-state index contributed by atoms with van der Waals surface area (Å²) >= 11 is 5.99. The highest BCUT2D eigenvalue weighted by Gasteiger charge is 2.08. The van der Waals surface area contributed by atoms with Gasteiger partial charge >= 0.3 is 6.03 Å². The van der Waals surface area contributed by atoms with Crippen LogP contribution in [0.3, 0.4) is 0 Å². The van der Waals surface area contributed by atoms with Gasteiger partial charge in [-0.1, -0.05) is 23.7 Å². The van der Waals surface area contributed by atoms with E-state index in [1.165, 1.54) is 0 Å². The fraction of sp³-hybridized carbons (Fsp3) is 0.133. The van der Waals surface area contributed by atoms with Crippen molar-refractivity contribution in [1.29, 1.82) is 0 Å². The van der Waals surface area contributed by atoms with Crippen LogP contribution >= 0.6 is 11.6 Å². The van der Waals surface area contributed by atoms with Crippen molar-refractivity contribution in [3.8, 4) is 0 Å². The molecule has 2 amide bonds. The summed E-state index contributed by atoms with van der Waals surface area (Å²) in [6, 6.07) is 10.4. The minimum Gasteiger partial charge on any atom is -0.399 e. The first kappa shape index (κ1) is 14.2. The second kappa shape index (κ2) is 5.84. The Hall–Kier alpha value is -2.20. The standard InChI is InChI=1S/C15H16ClN3O/c1-9-8-14(10(2)7-12(9)17)19-15(20)18-13-6-4-3-5-11(13)16/h3-8H,17H2,1-2H3,(H2,18,19,20). The maximum atomic E-state index is 12.0. The highest BCUT2D eigenvalue weighted by molar-refractivity contribution is 6.33. The lowest BCUT2D eigenvalue weighted by atomic mass is 10.1. The Labute approximate surface area is 122 Å². The SMILES string of the molecule is Cc1cc(NC(=O)Nc2ccccc2Cl)c(C)cc1N. The fourth-order valence-corrected chi connectivity index (χ4v) is 1.99. The van der Waals surface area contributed by atoms with E-state index in [4.69, 9.17) is 17.3 Å². The Morgan fingerprint density at radius 1 is 1.05 bits per heavy atom. The maximum Gasteiger partial charge on any atom is 0.323 e. The number of aryl methyl sites for hydroxylation is 2. The largest absolute Gasteiger partial charge is 0.399 e. The summed E-state index contributed by atoms with van der Waals surface area (Å²) in [5.41, 5.74) is 9.64. The van der Waals surface area contributed by atoms with Crippen molar-refractivity contribution in [1.82, 2.24) is 0 Å². The third kappa shape index (κ3) is 3.22. The van der Waals surface area contributed by atoms with Gasteiger partial charge in [-0.3, -0.25) is 0 Å². The number of benzene rings is 2. The molecule has 0 aromatic heterocycles. The molecule has 0 radical (unpaired) electrons. The van der Waals surface area contributed by atoms with Crippen LogP contribution in [-0.4, -0.2) is 6.03 Å². The Balaban J connectivity index is 2.13. The molecule has 104 valence electrons. The monoisotopic (exact) mass is 289 g/mol. The summed E-state index contributed by atoms with van der Waals surface area (Å²) in [7, 11) is 0. The Bertz CT molecular complexity index is 656. The number of carbonyl (C=O) groups excluding carboxylic acids is 1. The lowest BCUT2D eigenvalue weighted by molar-refractivity contribution is 0.262. The molecule has 20 heavy (non-hydrogen) atoms. The highest BCUT2D eigenvalue weighted by Crippen LogP contribution is 2.23. The van der Waals surface area contributed by atoms with Gasteiger partial charge in [-0.05, 0) is 49.2 Å². The van der Waals surface area contributed by atoms with E-state index in [9.17, 15) is 4.79 Å². The van der Waals surface area contributed by atoms with Crippen LogP contribution in [0.4, 0.5) is 21.9 Å². The summed E-state index contributed by atoms with van der Waals surface area (Å²) in [5, 5.41) is 5.99. The number of nitrogens with one attached hydrogen (secondary N) is 2. The first-order valence-corrected chi connectivity index (χ1v) is 6.54. The molecule has 0 bridgehead atoms. The number of halogens is 1. The third-order valence-electron chi connectivity index (χ3n) is 2.98. The summed E-state index contributed by atoms with van der Waals surface area (Å²) in [6.45, 7) is 3.78. The molecule has 5 heteroatoms. The van der Waals surface area contributed by atoms with E-state index in [1.54, 1.807) is 24.3 Å². The molecule has 0 spiro atoms. The topological polar surface area (TPSA) is 67.2 Å². The molecule has 2 rings (SSSR count). The number of nitrogen functional groups attached to an aromatic ring is 1. The van der Waals surface area contributed by atoms with Gasteiger partial charge in [0.1, 0.15) is 0 Å². The van der Waals surface area contributed by atoms with Gasteiger partial charge in [0.2, 0.25) is 0 Å². The van der Waals surface area contributed by atoms with Crippen LogP contribution in [0.1, 0.15) is 11.1 Å². The second-order valence-electron chi connectivity index (χ2n) is 4.58. The normalized spacial score (nSPS) is 10.2. The Morgan fingerprint density at radius 2 is 1.70 bits per heavy atom. The molecule has 0 heterocycles. The van der Waals surface area contributed by atoms with E-state index in [0.717, 1.165) is 16.8 Å². The number of para-hydroxylation sites is 1. The molecular weight excluding hydrogens is 274 g/mol. The molecule has 0 aliphatic carbocycles. The number of anilines is 3. The zero-order valence-electron chi connectivity index (χ0n) is 11.3. The number of carbonyl (C=O) groups is 1. The molecule has 2 aromatic carbocycles. The van der Waals surface area contributed by atoms with Crippen molar-refractivity contribution < 1.29 is 4.79 Å². The summed E-state index contributed by atoms with van der Waals surface area (Å²) in [6.07, 6.45) is 0. The lowest BCUT2D eigenvalue weighted by Crippen LogP contribution is -2.20. The van der Waals surface area contributed by atoms with Gasteiger partial charge in [0, 0.05) is 11.4 Å². The number of amides is 2. The molecule has 0 saturated carbocycles. The quantitative estimate of drug-likeness (QED) is 0.726. The van der Waals surface area contributed by atoms with Gasteiger partial charge in [-0.15, -0.1) is 0 Å². The van der Waals surface area contributed by atoms with E-state index in [2.05, 4.69) is 10.6 Å². The van der Waals surface area contributed by atoms with E-state index < -0.39 is 0 Å². The molecule has 0 fully saturated rings. The van der Waals surface area contributed by atoms with Crippen LogP contribution in [0.2, 0.25) is 5.02 Å². The van der Waals surface area contributed by atoms with Crippen molar-refractivity contribution in [3.05, 3.63) is 52.5 Å². The van der Waals surface area contributed by atoms with Gasteiger partial charge in [-0.2, -0.15) is 0 Å². The summed E-state index contributed by atoms with van der Waals surface area (Å²) in [4.78, 5) is 12.0. The molecule has 0 unspecified atom stereocenters. The molecule has 4 nitrogen and oxygen atoms in total. The predicted molar refractivity (Wildman–Crippen MR) is 84.4 cm³/mol. The highest BCUT2D eigenvalue weighted by atomic mass is 35.5. The van der Waals surface area contributed by atoms with Crippen LogP contribution in [0.5, 0.6) is 0 Å². The van der Waals surface area contributed by atoms with Crippen LogP contribution in [0.25, 0.3) is 0 Å². The van der Waals surface area contributed by atoms with Crippen LogP contribution in [-0.2, 0) is 0 Å². The van der Waals surface area contributed by atoms with Crippen LogP contribution in [0.15, 0.2) is 36.4 Å². The predicted octanol–water partition coefficient (Wildman–Crippen LogP) is 4.18. The van der Waals surface area contributed by atoms with E-state index in [1.807, 2.05) is 26.0 Å². The fourth-order valence-electron chi connectivity index (χ4n) is 1.81. The van der Waals surface area contributed by atoms with Crippen molar-refractivity contribution >= 4 is 34.7 Å². The van der Waals surface area contributed by atoms with E-state index >= 15 is 0 Å². The van der Waals surface area contributed by atoms with Gasteiger partial charge in [-0.25, -0.2) is 4.79 Å². The zero-order valence-corrected chi connectivity index (χ0v) is 12.1. The Kier molecular flexibility index (Phi) is 4.15. The molecule has 2 aromatic rings. The Morgan fingerprint density at radius 3 is 2.40 bits per heavy atom. The summed E-state index contributed by atoms with van der Waals surface area (Å²) < 4.78 is 0. The first-order chi connectivity index (χ1) is 9.47. The molecule has 0 saturated heterocycles. The van der Waals surface area contributed by atoms with Gasteiger partial charge in [0.05, 0.1) is 10.7 Å². The summed E-state index contributed by atoms with van der Waals surface area (Å²) in [5.74, 6) is 0. The molecule has 0 atom stereocenters. The zero-order chi connectivity index (χ0) is 14.7. The van der Waals surface area contributed by atoms with E-state index in [0.29, 0.717) is 16.4 Å². The molecular formula is C15H16ClN3O. The number of urea groups is 1. The minimum atomic E-state index is -0.342. The third-order valence-corrected chi connectivity index (χ3v) is 3.31. The number of hydrogen-bond donors (Lipinski definition) is 3. The van der Waals surface area contributed by atoms with Crippen molar-refractivity contribution in [2.75, 3.05) is 16.4 Å². The second-order valence-corrected chi connectivity index (χ2v) is 4.99. The smallest absolute Gasteiger partial charge is 0.323 e.